The van der Waals surface area contributed by atoms with Gasteiger partial charge in [0.15, 0.2) is 0 Å². The number of hydrogen-bond acceptors (Lipinski definition) is 4. The second-order valence-corrected chi connectivity index (χ2v) is 6.60. The van der Waals surface area contributed by atoms with Crippen LogP contribution in [0.3, 0.4) is 0 Å². The van der Waals surface area contributed by atoms with Crippen LogP contribution >= 0.6 is 11.3 Å². The van der Waals surface area contributed by atoms with Crippen LogP contribution in [0.25, 0.3) is 10.6 Å². The minimum atomic E-state index is -0.281. The van der Waals surface area contributed by atoms with Crippen LogP contribution in [0.4, 0.5) is 14.9 Å². The quantitative estimate of drug-likeness (QED) is 0.619. The Balaban J connectivity index is 1.46. The maximum atomic E-state index is 13.3. The minimum Gasteiger partial charge on any atom is -0.494 e. The molecule has 0 saturated carbocycles. The average Bonchev–Trinajstić information content (AvgIpc) is 3.13. The van der Waals surface area contributed by atoms with Crippen molar-refractivity contribution in [2.24, 2.45) is 0 Å². The van der Waals surface area contributed by atoms with Gasteiger partial charge in [-0.15, -0.1) is 11.3 Å². The highest BCUT2D eigenvalue weighted by atomic mass is 32.1. The Morgan fingerprint density at radius 2 is 2.04 bits per heavy atom. The molecule has 1 heterocycles. The lowest BCUT2D eigenvalue weighted by Crippen LogP contribution is -2.30. The van der Waals surface area contributed by atoms with Gasteiger partial charge in [-0.1, -0.05) is 12.1 Å². The standard InChI is InChI=1S/C20H20FN3O2S/c1-2-26-18-8-6-16(7-9-18)24-20(25)22-11-10-17-13-27-19(23-17)14-4-3-5-15(21)12-14/h3-9,12-13H,2,10-11H2,1H3,(H2,22,24,25). The predicted octanol–water partition coefficient (Wildman–Crippen LogP) is 4.71. The van der Waals surface area contributed by atoms with Gasteiger partial charge in [-0.3, -0.25) is 0 Å². The highest BCUT2D eigenvalue weighted by Crippen LogP contribution is 2.24. The van der Waals surface area contributed by atoms with E-state index in [1.54, 1.807) is 18.2 Å². The fourth-order valence-electron chi connectivity index (χ4n) is 2.46. The second kappa shape index (κ2) is 9.14. The number of rotatable bonds is 7. The van der Waals surface area contributed by atoms with Gasteiger partial charge in [0, 0.05) is 29.6 Å². The summed E-state index contributed by atoms with van der Waals surface area (Å²) in [5.41, 5.74) is 2.31. The van der Waals surface area contributed by atoms with E-state index >= 15 is 0 Å². The molecule has 0 bridgehead atoms. The van der Waals surface area contributed by atoms with Crippen molar-refractivity contribution in [1.82, 2.24) is 10.3 Å². The number of benzene rings is 2. The van der Waals surface area contributed by atoms with Crippen molar-refractivity contribution in [3.8, 4) is 16.3 Å². The largest absolute Gasteiger partial charge is 0.494 e. The van der Waals surface area contributed by atoms with E-state index in [1.165, 1.54) is 23.5 Å². The van der Waals surface area contributed by atoms with Crippen LogP contribution in [0.2, 0.25) is 0 Å². The SMILES string of the molecule is CCOc1ccc(NC(=O)NCCc2csc(-c3cccc(F)c3)n2)cc1. The first kappa shape index (κ1) is 18.8. The normalized spacial score (nSPS) is 10.4. The molecule has 1 aromatic heterocycles. The molecule has 2 amide bonds. The lowest BCUT2D eigenvalue weighted by molar-refractivity contribution is 0.252. The number of anilines is 1. The lowest BCUT2D eigenvalue weighted by atomic mass is 10.2. The van der Waals surface area contributed by atoms with E-state index in [4.69, 9.17) is 4.74 Å². The third-order valence-corrected chi connectivity index (χ3v) is 4.65. The lowest BCUT2D eigenvalue weighted by Gasteiger charge is -2.08. The molecule has 0 atom stereocenters. The van der Waals surface area contributed by atoms with Crippen LogP contribution < -0.4 is 15.4 Å². The molecule has 5 nitrogen and oxygen atoms in total. The summed E-state index contributed by atoms with van der Waals surface area (Å²) in [6.07, 6.45) is 0.600. The first-order valence-electron chi connectivity index (χ1n) is 8.62. The maximum Gasteiger partial charge on any atom is 0.319 e. The number of ether oxygens (including phenoxy) is 1. The van der Waals surface area contributed by atoms with E-state index in [0.717, 1.165) is 22.0 Å². The fraction of sp³-hybridized carbons (Fsp3) is 0.200. The molecular formula is C20H20FN3O2S. The van der Waals surface area contributed by atoms with Gasteiger partial charge in [0.25, 0.3) is 0 Å². The molecule has 0 aliphatic rings. The number of carbonyl (C=O) groups is 1. The number of nitrogens with one attached hydrogen (secondary N) is 2. The molecule has 2 N–H and O–H groups in total. The van der Waals surface area contributed by atoms with Gasteiger partial charge in [-0.25, -0.2) is 14.2 Å². The first-order chi connectivity index (χ1) is 13.1. The first-order valence-corrected chi connectivity index (χ1v) is 9.50. The Hall–Kier alpha value is -2.93. The van der Waals surface area contributed by atoms with Crippen molar-refractivity contribution >= 4 is 23.1 Å². The topological polar surface area (TPSA) is 63.2 Å². The van der Waals surface area contributed by atoms with Crippen LogP contribution in [0.5, 0.6) is 5.75 Å². The van der Waals surface area contributed by atoms with Gasteiger partial charge in [-0.2, -0.15) is 0 Å². The molecule has 0 fully saturated rings. The molecule has 3 rings (SSSR count). The highest BCUT2D eigenvalue weighted by molar-refractivity contribution is 7.13. The van der Waals surface area contributed by atoms with Crippen LogP contribution in [-0.2, 0) is 6.42 Å². The summed E-state index contributed by atoms with van der Waals surface area (Å²) in [6, 6.07) is 13.3. The average molecular weight is 385 g/mol. The van der Waals surface area contributed by atoms with E-state index in [9.17, 15) is 9.18 Å². The zero-order valence-corrected chi connectivity index (χ0v) is 15.7. The van der Waals surface area contributed by atoms with Gasteiger partial charge in [-0.05, 0) is 43.3 Å². The number of halogens is 1. The Morgan fingerprint density at radius 3 is 2.78 bits per heavy atom. The van der Waals surface area contributed by atoms with E-state index < -0.39 is 0 Å². The molecule has 140 valence electrons. The van der Waals surface area contributed by atoms with Gasteiger partial charge >= 0.3 is 6.03 Å². The summed E-state index contributed by atoms with van der Waals surface area (Å²) in [5, 5.41) is 8.26. The van der Waals surface area contributed by atoms with E-state index in [1.807, 2.05) is 30.5 Å². The zero-order chi connectivity index (χ0) is 19.1. The van der Waals surface area contributed by atoms with Gasteiger partial charge in [0.1, 0.15) is 16.6 Å². The van der Waals surface area contributed by atoms with Crippen molar-refractivity contribution in [1.29, 1.82) is 0 Å². The molecule has 27 heavy (non-hydrogen) atoms. The van der Waals surface area contributed by atoms with Crippen molar-refractivity contribution in [2.45, 2.75) is 13.3 Å². The molecular weight excluding hydrogens is 365 g/mol. The van der Waals surface area contributed by atoms with Crippen LogP contribution in [0.15, 0.2) is 53.9 Å². The summed E-state index contributed by atoms with van der Waals surface area (Å²) >= 11 is 1.46. The Kier molecular flexibility index (Phi) is 6.38. The molecule has 0 spiro atoms. The maximum absolute atomic E-state index is 13.3. The number of nitrogens with zero attached hydrogens (tertiary/aromatic N) is 1. The van der Waals surface area contributed by atoms with E-state index in [2.05, 4.69) is 15.6 Å². The molecule has 7 heteroatoms. The Bertz CT molecular complexity index is 896. The number of amides is 2. The molecule has 0 aliphatic carbocycles. The van der Waals surface area contributed by atoms with Crippen molar-refractivity contribution in [3.05, 3.63) is 65.4 Å². The molecule has 3 aromatic rings. The summed E-state index contributed by atoms with van der Waals surface area (Å²) in [7, 11) is 0. The van der Waals surface area contributed by atoms with Crippen molar-refractivity contribution in [3.63, 3.8) is 0 Å². The van der Waals surface area contributed by atoms with Crippen molar-refractivity contribution in [2.75, 3.05) is 18.5 Å². The third kappa shape index (κ3) is 5.52. The van der Waals surface area contributed by atoms with E-state index in [-0.39, 0.29) is 11.8 Å². The number of carbonyl (C=O) groups excluding carboxylic acids is 1. The van der Waals surface area contributed by atoms with Crippen LogP contribution in [0.1, 0.15) is 12.6 Å². The number of thiazole rings is 1. The van der Waals surface area contributed by atoms with E-state index in [0.29, 0.717) is 25.3 Å². The fourth-order valence-corrected chi connectivity index (χ4v) is 3.31. The summed E-state index contributed by atoms with van der Waals surface area (Å²) in [5.74, 6) is 0.484. The minimum absolute atomic E-state index is 0.278. The molecule has 0 unspecified atom stereocenters. The summed E-state index contributed by atoms with van der Waals surface area (Å²) in [6.45, 7) is 2.98. The number of hydrogen-bond donors (Lipinski definition) is 2. The molecule has 0 aliphatic heterocycles. The summed E-state index contributed by atoms with van der Waals surface area (Å²) in [4.78, 5) is 16.5. The third-order valence-electron chi connectivity index (χ3n) is 3.71. The molecule has 2 aromatic carbocycles. The Labute approximate surface area is 161 Å². The Morgan fingerprint density at radius 1 is 1.22 bits per heavy atom. The van der Waals surface area contributed by atoms with Crippen molar-refractivity contribution < 1.29 is 13.9 Å². The van der Waals surface area contributed by atoms with Crippen LogP contribution in [0, 0.1) is 5.82 Å². The number of aromatic nitrogens is 1. The summed E-state index contributed by atoms with van der Waals surface area (Å²) < 4.78 is 18.7. The highest BCUT2D eigenvalue weighted by Gasteiger charge is 2.07. The zero-order valence-electron chi connectivity index (χ0n) is 14.9. The van der Waals surface area contributed by atoms with Gasteiger partial charge in [0.2, 0.25) is 0 Å². The smallest absolute Gasteiger partial charge is 0.319 e. The van der Waals surface area contributed by atoms with Gasteiger partial charge in [0.05, 0.1) is 12.3 Å². The second-order valence-electron chi connectivity index (χ2n) is 5.74. The predicted molar refractivity (Wildman–Crippen MR) is 106 cm³/mol. The molecule has 0 saturated heterocycles. The van der Waals surface area contributed by atoms with Gasteiger partial charge < -0.3 is 15.4 Å². The molecule has 0 radical (unpaired) electrons. The monoisotopic (exact) mass is 385 g/mol. The van der Waals surface area contributed by atoms with Crippen LogP contribution in [-0.4, -0.2) is 24.2 Å². The number of urea groups is 1.